The molecule has 0 aliphatic carbocycles. The molecule has 0 aliphatic heterocycles. The van der Waals surface area contributed by atoms with E-state index in [4.69, 9.17) is 0 Å². The van der Waals surface area contributed by atoms with E-state index in [1.54, 1.807) is 24.3 Å². The van der Waals surface area contributed by atoms with Crippen LogP contribution in [0.15, 0.2) is 121 Å². The predicted molar refractivity (Wildman–Crippen MR) is 172 cm³/mol. The van der Waals surface area contributed by atoms with Crippen molar-refractivity contribution in [2.75, 3.05) is 0 Å². The molecule has 0 aromatic heterocycles. The van der Waals surface area contributed by atoms with E-state index < -0.39 is 62.8 Å². The number of hydrogen-bond donors (Lipinski definition) is 0. The zero-order valence-corrected chi connectivity index (χ0v) is 27.2. The Morgan fingerprint density at radius 1 is 0.320 bits per heavy atom. The topological polar surface area (TPSA) is 0 Å². The van der Waals surface area contributed by atoms with E-state index in [1.807, 2.05) is 0 Å². The van der Waals surface area contributed by atoms with Crippen molar-refractivity contribution >= 4 is 37.1 Å². The second-order valence-corrected chi connectivity index (χ2v) is 15.5. The fourth-order valence-corrected chi connectivity index (χ4v) is 10.1. The SMILES string of the molecule is FC(F)(F)c1cccc(P(Cc2ccccc2CP(c2cccc(C(F)(F)F)c2)c2cccc(C(F)(F)F)c2)c2cccc(C(F)(F)F)c2)c1. The fourth-order valence-electron chi connectivity index (χ4n) is 5.27. The normalized spacial score (nSPS) is 12.9. The van der Waals surface area contributed by atoms with Crippen molar-refractivity contribution in [3.8, 4) is 0 Å². The third-order valence-electron chi connectivity index (χ3n) is 7.72. The summed E-state index contributed by atoms with van der Waals surface area (Å²) in [5.41, 5.74) is -3.05. The van der Waals surface area contributed by atoms with Crippen molar-refractivity contribution in [1.29, 1.82) is 0 Å². The van der Waals surface area contributed by atoms with Crippen LogP contribution in [0, 0.1) is 0 Å². The van der Waals surface area contributed by atoms with Gasteiger partial charge in [-0.1, -0.05) is 72.8 Å². The summed E-state index contributed by atoms with van der Waals surface area (Å²) in [7, 11) is -3.87. The Bertz CT molecular complexity index is 1690. The van der Waals surface area contributed by atoms with Crippen molar-refractivity contribution in [2.24, 2.45) is 0 Å². The highest BCUT2D eigenvalue weighted by Crippen LogP contribution is 2.46. The van der Waals surface area contributed by atoms with E-state index in [0.29, 0.717) is 11.1 Å². The molecule has 0 heterocycles. The Morgan fingerprint density at radius 3 is 0.780 bits per heavy atom. The molecule has 0 atom stereocenters. The summed E-state index contributed by atoms with van der Waals surface area (Å²) in [4.78, 5) is 0. The van der Waals surface area contributed by atoms with Gasteiger partial charge < -0.3 is 0 Å². The fraction of sp³-hybridized carbons (Fsp3) is 0.167. The van der Waals surface area contributed by atoms with Gasteiger partial charge >= 0.3 is 24.7 Å². The van der Waals surface area contributed by atoms with Gasteiger partial charge in [0.2, 0.25) is 0 Å². The van der Waals surface area contributed by atoms with Crippen molar-refractivity contribution in [2.45, 2.75) is 37.0 Å². The van der Waals surface area contributed by atoms with Crippen LogP contribution in [0.3, 0.4) is 0 Å². The van der Waals surface area contributed by atoms with E-state index in [0.717, 1.165) is 72.8 Å². The van der Waals surface area contributed by atoms with Crippen molar-refractivity contribution in [3.05, 3.63) is 155 Å². The minimum atomic E-state index is -4.74. The average Bonchev–Trinajstić information content (AvgIpc) is 3.05. The zero-order valence-electron chi connectivity index (χ0n) is 25.4. The smallest absolute Gasteiger partial charge is 0.166 e. The van der Waals surface area contributed by atoms with Crippen LogP contribution in [-0.4, -0.2) is 0 Å². The third kappa shape index (κ3) is 9.07. The Labute approximate surface area is 281 Å². The lowest BCUT2D eigenvalue weighted by Gasteiger charge is -2.25. The molecule has 0 amide bonds. The van der Waals surface area contributed by atoms with E-state index >= 15 is 0 Å². The summed E-state index contributed by atoms with van der Waals surface area (Å²) >= 11 is 0. The minimum Gasteiger partial charge on any atom is -0.166 e. The molecule has 0 N–H and O–H groups in total. The summed E-state index contributed by atoms with van der Waals surface area (Å²) in [6.07, 6.45) is -19.1. The molecule has 0 radical (unpaired) electrons. The van der Waals surface area contributed by atoms with Gasteiger partial charge in [-0.05, 0) is 96.7 Å². The first-order valence-corrected chi connectivity index (χ1v) is 17.7. The first-order valence-electron chi connectivity index (χ1n) is 14.6. The zero-order chi connectivity index (χ0) is 36.5. The molecular formula is C36H24F12P2. The molecular weight excluding hydrogens is 722 g/mol. The van der Waals surface area contributed by atoms with Crippen molar-refractivity contribution < 1.29 is 52.7 Å². The second kappa shape index (κ2) is 14.4. The largest absolute Gasteiger partial charge is 0.416 e. The maximum Gasteiger partial charge on any atom is 0.416 e. The van der Waals surface area contributed by atoms with Gasteiger partial charge in [-0.2, -0.15) is 52.7 Å². The number of alkyl halides is 12. The lowest BCUT2D eigenvalue weighted by molar-refractivity contribution is -0.138. The van der Waals surface area contributed by atoms with E-state index in [2.05, 4.69) is 0 Å². The number of halogens is 12. The summed E-state index contributed by atoms with van der Waals surface area (Å²) in [5.74, 6) is 0. The molecule has 0 saturated heterocycles. The van der Waals surface area contributed by atoms with Crippen LogP contribution < -0.4 is 21.2 Å². The summed E-state index contributed by atoms with van der Waals surface area (Å²) in [6, 6.07) is 23.5. The van der Waals surface area contributed by atoms with Crippen molar-refractivity contribution in [1.82, 2.24) is 0 Å². The predicted octanol–water partition coefficient (Wildman–Crippen LogP) is 11.0. The van der Waals surface area contributed by atoms with Gasteiger partial charge in [0, 0.05) is 12.3 Å². The molecule has 5 aromatic rings. The molecule has 0 aliphatic rings. The molecule has 5 rings (SSSR count). The third-order valence-corrected chi connectivity index (χ3v) is 12.6. The van der Waals surface area contributed by atoms with Gasteiger partial charge in [0.15, 0.2) is 0 Å². The van der Waals surface area contributed by atoms with Gasteiger partial charge in [0.1, 0.15) is 0 Å². The molecule has 5 aromatic carbocycles. The van der Waals surface area contributed by atoms with E-state index in [9.17, 15) is 52.7 Å². The van der Waals surface area contributed by atoms with Gasteiger partial charge in [-0.3, -0.25) is 0 Å². The van der Waals surface area contributed by atoms with Crippen LogP contribution in [0.2, 0.25) is 0 Å². The molecule has 50 heavy (non-hydrogen) atoms. The molecule has 14 heteroatoms. The molecule has 0 saturated carbocycles. The maximum atomic E-state index is 13.7. The lowest BCUT2D eigenvalue weighted by atomic mass is 10.1. The highest BCUT2D eigenvalue weighted by Gasteiger charge is 2.35. The summed E-state index contributed by atoms with van der Waals surface area (Å²) in [5, 5.41) is 0.507. The Kier molecular flexibility index (Phi) is 10.8. The molecule has 0 bridgehead atoms. The van der Waals surface area contributed by atoms with Gasteiger partial charge in [-0.25, -0.2) is 0 Å². The number of hydrogen-bond acceptors (Lipinski definition) is 0. The van der Waals surface area contributed by atoms with Gasteiger partial charge in [0.05, 0.1) is 22.3 Å². The molecule has 0 fully saturated rings. The van der Waals surface area contributed by atoms with Gasteiger partial charge in [-0.15, -0.1) is 0 Å². The Hall–Kier alpha value is -3.88. The molecule has 0 spiro atoms. The highest BCUT2D eigenvalue weighted by atomic mass is 31.1. The number of rotatable bonds is 8. The monoisotopic (exact) mass is 746 g/mol. The van der Waals surface area contributed by atoms with Crippen LogP contribution in [-0.2, 0) is 37.0 Å². The minimum absolute atomic E-state index is 0.0670. The standard InChI is InChI=1S/C36H24F12P2/c37-33(38,39)25-9-3-13-29(17-25)49(30-14-4-10-26(18-30)34(40,41)42)21-23-7-1-2-8-24(23)22-50(31-15-5-11-27(19-31)35(43,44)45)32-16-6-12-28(20-32)36(46,47)48/h1-20H,21-22H2. The first kappa shape index (κ1) is 37.4. The van der Waals surface area contributed by atoms with E-state index in [1.165, 1.54) is 24.3 Å². The van der Waals surface area contributed by atoms with E-state index in [-0.39, 0.29) is 33.5 Å². The highest BCUT2D eigenvalue weighted by molar-refractivity contribution is 7.72. The van der Waals surface area contributed by atoms with Crippen LogP contribution in [0.1, 0.15) is 33.4 Å². The van der Waals surface area contributed by atoms with Crippen LogP contribution in [0.25, 0.3) is 0 Å². The van der Waals surface area contributed by atoms with Crippen molar-refractivity contribution in [3.63, 3.8) is 0 Å². The second-order valence-electron chi connectivity index (χ2n) is 11.1. The number of benzene rings is 5. The summed E-state index contributed by atoms with van der Waals surface area (Å²) in [6.45, 7) is 0. The average molecular weight is 747 g/mol. The molecule has 262 valence electrons. The lowest BCUT2D eigenvalue weighted by Crippen LogP contribution is -2.19. The molecule has 0 unspecified atom stereocenters. The maximum absolute atomic E-state index is 13.7. The van der Waals surface area contributed by atoms with Crippen LogP contribution in [0.5, 0.6) is 0 Å². The molecule has 0 nitrogen and oxygen atoms in total. The Morgan fingerprint density at radius 2 is 0.560 bits per heavy atom. The van der Waals surface area contributed by atoms with Crippen LogP contribution in [0.4, 0.5) is 52.7 Å². The van der Waals surface area contributed by atoms with Crippen LogP contribution >= 0.6 is 15.8 Å². The summed E-state index contributed by atoms with van der Waals surface area (Å²) < 4.78 is 165. The quantitative estimate of drug-likeness (QED) is 0.110. The first-order chi connectivity index (χ1) is 23.3. The van der Waals surface area contributed by atoms with Gasteiger partial charge in [0.25, 0.3) is 0 Å². The Balaban J connectivity index is 1.63.